The molecule has 2 heterocycles. The number of pyridine rings is 1. The minimum absolute atomic E-state index is 0.102. The molecule has 39 heavy (non-hydrogen) atoms. The van der Waals surface area contributed by atoms with Crippen LogP contribution in [-0.4, -0.2) is 0 Å². The van der Waals surface area contributed by atoms with E-state index in [1.54, 1.807) is 0 Å². The first kappa shape index (κ1) is 25.4. The molecular formula is C36H37N2O+. The molecule has 0 bridgehead atoms. The van der Waals surface area contributed by atoms with E-state index >= 15 is 0 Å². The lowest BCUT2D eigenvalue weighted by Crippen LogP contribution is -2.32. The summed E-state index contributed by atoms with van der Waals surface area (Å²) in [5.41, 5.74) is 7.11. The lowest BCUT2D eigenvalue weighted by Gasteiger charge is -2.28. The molecule has 3 nitrogen and oxygen atoms in total. The predicted octanol–water partition coefficient (Wildman–Crippen LogP) is 9.04. The second kappa shape index (κ2) is 8.55. The molecule has 4 aromatic carbocycles. The standard InChI is InChI=1S/C36H37N2O/c1-21-9-11-26-28(15-21)22(2)31-33-32-27(13-14-38(33)8)25-12-10-23(18-36(6,7)20-37)16-24(25)17-30(32)39-34(31)29(26)19-35(3,4)5/h9-17H,18-19H2,1-8H3/q+1. The predicted molar refractivity (Wildman–Crippen MR) is 161 cm³/mol. The minimum Gasteiger partial charge on any atom is -0.455 e. The van der Waals surface area contributed by atoms with Gasteiger partial charge in [0.1, 0.15) is 18.5 Å². The number of hydrogen-bond acceptors (Lipinski definition) is 2. The normalized spacial score (nSPS) is 13.0. The van der Waals surface area contributed by atoms with Crippen molar-refractivity contribution in [3.8, 4) is 28.8 Å². The zero-order chi connectivity index (χ0) is 27.9. The summed E-state index contributed by atoms with van der Waals surface area (Å²) in [6, 6.07) is 20.3. The van der Waals surface area contributed by atoms with Crippen LogP contribution in [-0.2, 0) is 19.9 Å². The van der Waals surface area contributed by atoms with Crippen molar-refractivity contribution in [2.45, 2.75) is 61.3 Å². The first-order chi connectivity index (χ1) is 18.4. The molecule has 6 rings (SSSR count). The van der Waals surface area contributed by atoms with Crippen molar-refractivity contribution in [3.05, 3.63) is 77.0 Å². The third-order valence-corrected chi connectivity index (χ3v) is 8.15. The van der Waals surface area contributed by atoms with Crippen LogP contribution in [0.1, 0.15) is 56.9 Å². The second-order valence-corrected chi connectivity index (χ2v) is 13.4. The molecule has 5 aromatic rings. The fourth-order valence-corrected chi connectivity index (χ4v) is 6.38. The Labute approximate surface area is 231 Å². The van der Waals surface area contributed by atoms with E-state index in [4.69, 9.17) is 4.74 Å². The van der Waals surface area contributed by atoms with Crippen LogP contribution in [0.25, 0.3) is 43.6 Å². The number of nitriles is 1. The van der Waals surface area contributed by atoms with Gasteiger partial charge in [-0.2, -0.15) is 5.26 Å². The monoisotopic (exact) mass is 513 g/mol. The van der Waals surface area contributed by atoms with Gasteiger partial charge < -0.3 is 4.74 Å². The number of nitrogens with zero attached hydrogens (tertiary/aromatic N) is 2. The third-order valence-electron chi connectivity index (χ3n) is 8.15. The van der Waals surface area contributed by atoms with Crippen LogP contribution in [0.2, 0.25) is 0 Å². The van der Waals surface area contributed by atoms with Gasteiger partial charge >= 0.3 is 0 Å². The molecule has 0 saturated heterocycles. The van der Waals surface area contributed by atoms with Crippen LogP contribution in [0.15, 0.2) is 54.7 Å². The Morgan fingerprint density at radius 2 is 1.59 bits per heavy atom. The fourth-order valence-electron chi connectivity index (χ4n) is 6.38. The maximum absolute atomic E-state index is 9.60. The van der Waals surface area contributed by atoms with E-state index in [1.807, 2.05) is 13.8 Å². The van der Waals surface area contributed by atoms with Crippen LogP contribution in [0.4, 0.5) is 0 Å². The third kappa shape index (κ3) is 4.14. The SMILES string of the molecule is Cc1ccc2c(CC(C)(C)C)c3c(c(C)c2c1)-c1c2c(cc4cc(CC(C)(C)C#N)ccc4c2cc[n+]1C)O3. The number of rotatable bonds is 3. The van der Waals surface area contributed by atoms with Gasteiger partial charge in [0.15, 0.2) is 6.20 Å². The first-order valence-electron chi connectivity index (χ1n) is 13.9. The summed E-state index contributed by atoms with van der Waals surface area (Å²) in [6.07, 6.45) is 3.82. The Balaban J connectivity index is 1.70. The number of ether oxygens (including phenoxy) is 1. The largest absolute Gasteiger partial charge is 0.455 e. The Kier molecular flexibility index (Phi) is 5.57. The molecule has 0 saturated carbocycles. The highest BCUT2D eigenvalue weighted by molar-refractivity contribution is 6.16. The van der Waals surface area contributed by atoms with Crippen LogP contribution < -0.4 is 9.30 Å². The lowest BCUT2D eigenvalue weighted by atomic mass is 9.81. The van der Waals surface area contributed by atoms with Crippen molar-refractivity contribution in [1.82, 2.24) is 0 Å². The van der Waals surface area contributed by atoms with E-state index in [9.17, 15) is 5.26 Å². The average molecular weight is 514 g/mol. The molecule has 0 atom stereocenters. The maximum atomic E-state index is 9.60. The van der Waals surface area contributed by atoms with E-state index in [0.29, 0.717) is 6.42 Å². The number of hydrogen-bond donors (Lipinski definition) is 0. The topological polar surface area (TPSA) is 36.9 Å². The zero-order valence-electron chi connectivity index (χ0n) is 24.4. The molecule has 0 radical (unpaired) electrons. The van der Waals surface area contributed by atoms with Crippen LogP contribution in [0, 0.1) is 36.0 Å². The van der Waals surface area contributed by atoms with Gasteiger partial charge in [-0.1, -0.05) is 62.7 Å². The van der Waals surface area contributed by atoms with E-state index in [2.05, 4.69) is 107 Å². The van der Waals surface area contributed by atoms with Gasteiger partial charge in [0, 0.05) is 17.0 Å². The highest BCUT2D eigenvalue weighted by Gasteiger charge is 2.34. The summed E-state index contributed by atoms with van der Waals surface area (Å²) >= 11 is 0. The summed E-state index contributed by atoms with van der Waals surface area (Å²) in [7, 11) is 2.15. The maximum Gasteiger partial charge on any atom is 0.228 e. The van der Waals surface area contributed by atoms with Gasteiger partial charge in [0.2, 0.25) is 5.69 Å². The quantitative estimate of drug-likeness (QED) is 0.175. The van der Waals surface area contributed by atoms with Crippen molar-refractivity contribution >= 4 is 32.3 Å². The Hall–Kier alpha value is -3.90. The lowest BCUT2D eigenvalue weighted by molar-refractivity contribution is -0.659. The van der Waals surface area contributed by atoms with E-state index in [1.165, 1.54) is 60.4 Å². The molecule has 0 amide bonds. The van der Waals surface area contributed by atoms with Crippen molar-refractivity contribution in [2.24, 2.45) is 17.9 Å². The molecule has 0 aliphatic carbocycles. The van der Waals surface area contributed by atoms with Crippen molar-refractivity contribution in [3.63, 3.8) is 0 Å². The highest BCUT2D eigenvalue weighted by Crippen LogP contribution is 2.52. The molecule has 3 heteroatoms. The Morgan fingerprint density at radius 3 is 2.31 bits per heavy atom. The fraction of sp³-hybridized carbons (Fsp3) is 0.333. The van der Waals surface area contributed by atoms with Crippen LogP contribution in [0.5, 0.6) is 11.5 Å². The van der Waals surface area contributed by atoms with E-state index in [0.717, 1.165) is 23.3 Å². The van der Waals surface area contributed by atoms with Gasteiger partial charge in [-0.3, -0.25) is 0 Å². The molecule has 196 valence electrons. The molecule has 1 aliphatic rings. The summed E-state index contributed by atoms with van der Waals surface area (Å²) in [6.45, 7) is 15.3. The van der Waals surface area contributed by atoms with Gasteiger partial charge in [0.25, 0.3) is 0 Å². The molecule has 0 N–H and O–H groups in total. The van der Waals surface area contributed by atoms with Gasteiger partial charge in [-0.05, 0) is 84.7 Å². The number of fused-ring (bicyclic) bond motifs is 5. The molecule has 0 spiro atoms. The van der Waals surface area contributed by atoms with Crippen LogP contribution >= 0.6 is 0 Å². The molecule has 0 fully saturated rings. The summed E-state index contributed by atoms with van der Waals surface area (Å²) < 4.78 is 9.27. The highest BCUT2D eigenvalue weighted by atomic mass is 16.5. The summed E-state index contributed by atoms with van der Waals surface area (Å²) in [5, 5.41) is 16.9. The zero-order valence-corrected chi connectivity index (χ0v) is 24.4. The van der Waals surface area contributed by atoms with Crippen molar-refractivity contribution < 1.29 is 9.30 Å². The second-order valence-electron chi connectivity index (χ2n) is 13.4. The smallest absolute Gasteiger partial charge is 0.228 e. The summed E-state index contributed by atoms with van der Waals surface area (Å²) in [4.78, 5) is 0. The van der Waals surface area contributed by atoms with E-state index < -0.39 is 5.41 Å². The van der Waals surface area contributed by atoms with Gasteiger partial charge in [-0.25, -0.2) is 4.57 Å². The van der Waals surface area contributed by atoms with E-state index in [-0.39, 0.29) is 5.41 Å². The Morgan fingerprint density at radius 1 is 0.846 bits per heavy atom. The molecular weight excluding hydrogens is 476 g/mol. The van der Waals surface area contributed by atoms with Crippen molar-refractivity contribution in [2.75, 3.05) is 0 Å². The molecule has 0 unspecified atom stereocenters. The summed E-state index contributed by atoms with van der Waals surface area (Å²) in [5.74, 6) is 1.91. The van der Waals surface area contributed by atoms with Crippen molar-refractivity contribution in [1.29, 1.82) is 5.26 Å². The number of aromatic nitrogens is 1. The number of benzene rings is 4. The average Bonchev–Trinajstić information content (AvgIpc) is 2.86. The molecule has 1 aliphatic heterocycles. The van der Waals surface area contributed by atoms with Gasteiger partial charge in [0.05, 0.1) is 22.4 Å². The van der Waals surface area contributed by atoms with Gasteiger partial charge in [-0.15, -0.1) is 0 Å². The Bertz CT molecular complexity index is 1880. The van der Waals surface area contributed by atoms with Crippen LogP contribution in [0.3, 0.4) is 0 Å². The molecule has 1 aromatic heterocycles. The minimum atomic E-state index is -0.409. The number of aryl methyl sites for hydroxylation is 3. The first-order valence-corrected chi connectivity index (χ1v) is 13.9.